The van der Waals surface area contributed by atoms with Crippen LogP contribution in [-0.4, -0.2) is 43.2 Å². The Balaban J connectivity index is 4.89. The van der Waals surface area contributed by atoms with E-state index in [1.807, 2.05) is 6.92 Å². The lowest BCUT2D eigenvalue weighted by Crippen LogP contribution is -2.48. The molecule has 4 heteroatoms. The Bertz CT molecular complexity index is 255. The molecule has 0 aliphatic heterocycles. The van der Waals surface area contributed by atoms with Gasteiger partial charge in [-0.25, -0.2) is 0 Å². The summed E-state index contributed by atoms with van der Waals surface area (Å²) < 4.78 is 5.22. The number of esters is 1. The SMILES string of the molecule is CCCC(C(=O)OCC)N(CCC)CC(C)(C)CN. The van der Waals surface area contributed by atoms with Crippen LogP contribution in [0.5, 0.6) is 0 Å². The van der Waals surface area contributed by atoms with Crippen LogP contribution in [0.15, 0.2) is 0 Å². The largest absolute Gasteiger partial charge is 0.465 e. The zero-order chi connectivity index (χ0) is 14.9. The average Bonchev–Trinajstić information content (AvgIpc) is 2.35. The molecule has 0 spiro atoms. The zero-order valence-corrected chi connectivity index (χ0v) is 13.4. The van der Waals surface area contributed by atoms with E-state index in [2.05, 4.69) is 32.6 Å². The number of nitrogens with zero attached hydrogens (tertiary/aromatic N) is 1. The molecule has 1 atom stereocenters. The first-order chi connectivity index (χ1) is 8.91. The number of ether oxygens (including phenoxy) is 1. The molecule has 0 aromatic heterocycles. The van der Waals surface area contributed by atoms with E-state index in [0.717, 1.165) is 32.4 Å². The Labute approximate surface area is 118 Å². The molecule has 0 aromatic rings. The molecule has 0 saturated carbocycles. The van der Waals surface area contributed by atoms with Crippen LogP contribution in [0.25, 0.3) is 0 Å². The second-order valence-electron chi connectivity index (χ2n) is 5.90. The minimum Gasteiger partial charge on any atom is -0.465 e. The molecule has 4 nitrogen and oxygen atoms in total. The number of hydrogen-bond acceptors (Lipinski definition) is 4. The molecule has 0 saturated heterocycles. The minimum absolute atomic E-state index is 0.0215. The van der Waals surface area contributed by atoms with Crippen LogP contribution in [0.3, 0.4) is 0 Å². The van der Waals surface area contributed by atoms with Gasteiger partial charge in [-0.15, -0.1) is 0 Å². The molecule has 0 heterocycles. The predicted octanol–water partition coefficient (Wildman–Crippen LogP) is 2.42. The smallest absolute Gasteiger partial charge is 0.323 e. The van der Waals surface area contributed by atoms with Crippen LogP contribution in [0.1, 0.15) is 53.9 Å². The fourth-order valence-corrected chi connectivity index (χ4v) is 2.21. The lowest BCUT2D eigenvalue weighted by Gasteiger charge is -2.36. The highest BCUT2D eigenvalue weighted by Crippen LogP contribution is 2.19. The fraction of sp³-hybridized carbons (Fsp3) is 0.933. The summed E-state index contributed by atoms with van der Waals surface area (Å²) in [6.07, 6.45) is 2.85. The predicted molar refractivity (Wildman–Crippen MR) is 80.0 cm³/mol. The van der Waals surface area contributed by atoms with Gasteiger partial charge in [0.05, 0.1) is 6.61 Å². The first-order valence-electron chi connectivity index (χ1n) is 7.52. The van der Waals surface area contributed by atoms with Crippen molar-refractivity contribution in [2.75, 3.05) is 26.2 Å². The molecule has 0 aromatic carbocycles. The molecule has 0 aliphatic carbocycles. The van der Waals surface area contributed by atoms with Crippen LogP contribution in [0, 0.1) is 5.41 Å². The van der Waals surface area contributed by atoms with Gasteiger partial charge < -0.3 is 10.5 Å². The van der Waals surface area contributed by atoms with E-state index < -0.39 is 0 Å². The minimum atomic E-state index is -0.129. The number of carbonyl (C=O) groups excluding carboxylic acids is 1. The Kier molecular flexibility index (Phi) is 9.02. The monoisotopic (exact) mass is 272 g/mol. The standard InChI is InChI=1S/C15H32N2O2/c1-6-9-13(14(18)19-8-3)17(10-7-2)12-15(4,5)11-16/h13H,6-12,16H2,1-5H3. The molecule has 0 bridgehead atoms. The Morgan fingerprint density at radius 1 is 1.26 bits per heavy atom. The van der Waals surface area contributed by atoms with Crippen molar-refractivity contribution < 1.29 is 9.53 Å². The first-order valence-corrected chi connectivity index (χ1v) is 7.52. The Hall–Kier alpha value is -0.610. The Morgan fingerprint density at radius 3 is 2.32 bits per heavy atom. The summed E-state index contributed by atoms with van der Waals surface area (Å²) in [6, 6.07) is -0.129. The number of hydrogen-bond donors (Lipinski definition) is 1. The van der Waals surface area contributed by atoms with Crippen molar-refractivity contribution in [1.29, 1.82) is 0 Å². The summed E-state index contributed by atoms with van der Waals surface area (Å²) in [7, 11) is 0. The first kappa shape index (κ1) is 18.4. The summed E-state index contributed by atoms with van der Waals surface area (Å²) in [5.41, 5.74) is 5.84. The van der Waals surface area contributed by atoms with Gasteiger partial charge in [0.25, 0.3) is 0 Å². The van der Waals surface area contributed by atoms with E-state index in [1.165, 1.54) is 0 Å². The summed E-state index contributed by atoms with van der Waals surface area (Å²) in [5.74, 6) is -0.0920. The van der Waals surface area contributed by atoms with Crippen molar-refractivity contribution in [2.45, 2.75) is 59.9 Å². The maximum absolute atomic E-state index is 12.1. The van der Waals surface area contributed by atoms with Gasteiger partial charge >= 0.3 is 5.97 Å². The third kappa shape index (κ3) is 6.92. The normalized spacial score (nSPS) is 13.6. The van der Waals surface area contributed by atoms with Crippen molar-refractivity contribution >= 4 is 5.97 Å². The molecule has 0 amide bonds. The van der Waals surface area contributed by atoms with Crippen molar-refractivity contribution in [2.24, 2.45) is 11.1 Å². The van der Waals surface area contributed by atoms with Crippen LogP contribution >= 0.6 is 0 Å². The van der Waals surface area contributed by atoms with Crippen LogP contribution in [-0.2, 0) is 9.53 Å². The van der Waals surface area contributed by atoms with Crippen LogP contribution in [0.4, 0.5) is 0 Å². The lowest BCUT2D eigenvalue weighted by molar-refractivity contribution is -0.150. The van der Waals surface area contributed by atoms with Gasteiger partial charge in [0.15, 0.2) is 0 Å². The van der Waals surface area contributed by atoms with Crippen LogP contribution in [0.2, 0.25) is 0 Å². The van der Waals surface area contributed by atoms with E-state index in [-0.39, 0.29) is 17.4 Å². The van der Waals surface area contributed by atoms with Gasteiger partial charge in [0.1, 0.15) is 6.04 Å². The van der Waals surface area contributed by atoms with Crippen LogP contribution < -0.4 is 5.73 Å². The van der Waals surface area contributed by atoms with Crippen molar-refractivity contribution in [3.63, 3.8) is 0 Å². The molecule has 19 heavy (non-hydrogen) atoms. The van der Waals surface area contributed by atoms with E-state index in [4.69, 9.17) is 10.5 Å². The van der Waals surface area contributed by atoms with Crippen molar-refractivity contribution in [1.82, 2.24) is 4.90 Å². The molecular formula is C15H32N2O2. The molecule has 2 N–H and O–H groups in total. The summed E-state index contributed by atoms with van der Waals surface area (Å²) >= 11 is 0. The third-order valence-electron chi connectivity index (χ3n) is 3.26. The third-order valence-corrected chi connectivity index (χ3v) is 3.26. The summed E-state index contributed by atoms with van der Waals surface area (Å²) in [5, 5.41) is 0. The second-order valence-corrected chi connectivity index (χ2v) is 5.90. The van der Waals surface area contributed by atoms with Gasteiger partial charge in [0, 0.05) is 6.54 Å². The average molecular weight is 272 g/mol. The molecular weight excluding hydrogens is 240 g/mol. The van der Waals surface area contributed by atoms with Gasteiger partial charge in [-0.3, -0.25) is 9.69 Å². The highest BCUT2D eigenvalue weighted by molar-refractivity contribution is 5.75. The van der Waals surface area contributed by atoms with Gasteiger partial charge in [-0.2, -0.15) is 0 Å². The summed E-state index contributed by atoms with van der Waals surface area (Å²) in [4.78, 5) is 14.4. The maximum atomic E-state index is 12.1. The quantitative estimate of drug-likeness (QED) is 0.621. The van der Waals surface area contributed by atoms with E-state index >= 15 is 0 Å². The maximum Gasteiger partial charge on any atom is 0.323 e. The number of carbonyl (C=O) groups is 1. The van der Waals surface area contributed by atoms with E-state index in [9.17, 15) is 4.79 Å². The lowest BCUT2D eigenvalue weighted by atomic mass is 9.92. The van der Waals surface area contributed by atoms with Gasteiger partial charge in [-0.1, -0.05) is 34.1 Å². The molecule has 0 fully saturated rings. The van der Waals surface area contributed by atoms with E-state index in [1.54, 1.807) is 0 Å². The van der Waals surface area contributed by atoms with Gasteiger partial charge in [0.2, 0.25) is 0 Å². The Morgan fingerprint density at radius 2 is 1.89 bits per heavy atom. The molecule has 114 valence electrons. The molecule has 0 radical (unpaired) electrons. The highest BCUT2D eigenvalue weighted by atomic mass is 16.5. The van der Waals surface area contributed by atoms with Crippen molar-refractivity contribution in [3.05, 3.63) is 0 Å². The second kappa shape index (κ2) is 9.32. The topological polar surface area (TPSA) is 55.6 Å². The number of nitrogens with two attached hydrogens (primary N) is 1. The fourth-order valence-electron chi connectivity index (χ4n) is 2.21. The summed E-state index contributed by atoms with van der Waals surface area (Å²) in [6.45, 7) is 13.2. The van der Waals surface area contributed by atoms with Crippen molar-refractivity contribution in [3.8, 4) is 0 Å². The molecule has 0 rings (SSSR count). The number of rotatable bonds is 10. The molecule has 1 unspecified atom stereocenters. The molecule has 0 aliphatic rings. The van der Waals surface area contributed by atoms with E-state index in [0.29, 0.717) is 13.2 Å². The zero-order valence-electron chi connectivity index (χ0n) is 13.4. The highest BCUT2D eigenvalue weighted by Gasteiger charge is 2.30. The van der Waals surface area contributed by atoms with Gasteiger partial charge in [-0.05, 0) is 38.3 Å².